The van der Waals surface area contributed by atoms with Gasteiger partial charge in [-0.2, -0.15) is 0 Å². The molecular weight excluding hydrogens is 188 g/mol. The Morgan fingerprint density at radius 2 is 2.08 bits per heavy atom. The first-order valence-corrected chi connectivity index (χ1v) is 4.17. The van der Waals surface area contributed by atoms with E-state index in [9.17, 15) is 4.79 Å². The number of halogens is 1. The summed E-state index contributed by atoms with van der Waals surface area (Å²) in [4.78, 5) is 12.8. The molecule has 2 N–H and O–H groups in total. The molecule has 0 radical (unpaired) electrons. The highest BCUT2D eigenvalue weighted by Gasteiger charge is 2.09. The molecule has 0 spiro atoms. The largest absolute Gasteiger partial charge is 0.377 e. The van der Waals surface area contributed by atoms with Gasteiger partial charge in [-0.1, -0.05) is 11.6 Å². The number of hydrogen-bond acceptors (Lipinski definition) is 2. The van der Waals surface area contributed by atoms with Crippen molar-refractivity contribution in [2.75, 3.05) is 19.0 Å². The second-order valence-corrected chi connectivity index (χ2v) is 3.36. The van der Waals surface area contributed by atoms with Crippen LogP contribution in [-0.2, 0) is 0 Å². The van der Waals surface area contributed by atoms with Crippen molar-refractivity contribution in [3.8, 4) is 0 Å². The molecule has 0 fully saturated rings. The fraction of sp³-hybridized carbons (Fsp3) is 0.222. The van der Waals surface area contributed by atoms with E-state index in [0.29, 0.717) is 10.6 Å². The van der Waals surface area contributed by atoms with Crippen molar-refractivity contribution in [2.24, 2.45) is 5.73 Å². The first-order chi connectivity index (χ1) is 6.02. The van der Waals surface area contributed by atoms with Gasteiger partial charge in [0.25, 0.3) is 5.91 Å². The lowest BCUT2D eigenvalue weighted by Crippen LogP contribution is -2.18. The van der Waals surface area contributed by atoms with E-state index in [1.165, 1.54) is 0 Å². The quantitative estimate of drug-likeness (QED) is 0.783. The van der Waals surface area contributed by atoms with Gasteiger partial charge in [-0.25, -0.2) is 0 Å². The standard InChI is InChI=1S/C9H11ClN2O/c1-12(2)8-4-3-6(10)5-7(8)9(11)13/h3-5H,1-2H3,(H2,11,13). The minimum Gasteiger partial charge on any atom is -0.377 e. The highest BCUT2D eigenvalue weighted by atomic mass is 35.5. The molecule has 0 heterocycles. The lowest BCUT2D eigenvalue weighted by molar-refractivity contribution is 0.100. The van der Waals surface area contributed by atoms with Crippen LogP contribution >= 0.6 is 11.6 Å². The number of carbonyl (C=O) groups excluding carboxylic acids is 1. The van der Waals surface area contributed by atoms with Gasteiger partial charge in [-0.05, 0) is 18.2 Å². The summed E-state index contributed by atoms with van der Waals surface area (Å²) in [6.45, 7) is 0. The molecule has 0 saturated carbocycles. The van der Waals surface area contributed by atoms with Crippen LogP contribution < -0.4 is 10.6 Å². The number of nitrogens with two attached hydrogens (primary N) is 1. The summed E-state index contributed by atoms with van der Waals surface area (Å²) in [6.07, 6.45) is 0. The van der Waals surface area contributed by atoms with E-state index < -0.39 is 5.91 Å². The zero-order valence-electron chi connectivity index (χ0n) is 7.54. The molecule has 4 heteroatoms. The van der Waals surface area contributed by atoms with Gasteiger partial charge < -0.3 is 10.6 Å². The Balaban J connectivity index is 3.27. The Labute approximate surface area is 82.1 Å². The number of primary amides is 1. The number of anilines is 1. The van der Waals surface area contributed by atoms with Crippen LogP contribution in [0.25, 0.3) is 0 Å². The topological polar surface area (TPSA) is 46.3 Å². The van der Waals surface area contributed by atoms with Crippen molar-refractivity contribution < 1.29 is 4.79 Å². The molecule has 0 aliphatic heterocycles. The third kappa shape index (κ3) is 2.12. The van der Waals surface area contributed by atoms with Gasteiger partial charge in [0.15, 0.2) is 0 Å². The van der Waals surface area contributed by atoms with Crippen molar-refractivity contribution in [1.29, 1.82) is 0 Å². The minimum absolute atomic E-state index is 0.442. The Morgan fingerprint density at radius 1 is 1.46 bits per heavy atom. The SMILES string of the molecule is CN(C)c1ccc(Cl)cc1C(N)=O. The fourth-order valence-electron chi connectivity index (χ4n) is 1.10. The maximum Gasteiger partial charge on any atom is 0.250 e. The molecule has 1 amide bonds. The molecule has 3 nitrogen and oxygen atoms in total. The van der Waals surface area contributed by atoms with E-state index in [2.05, 4.69) is 0 Å². The average molecular weight is 199 g/mol. The van der Waals surface area contributed by atoms with Gasteiger partial charge in [0, 0.05) is 24.8 Å². The second kappa shape index (κ2) is 3.66. The van der Waals surface area contributed by atoms with E-state index in [1.807, 2.05) is 19.0 Å². The van der Waals surface area contributed by atoms with Crippen molar-refractivity contribution in [3.63, 3.8) is 0 Å². The monoisotopic (exact) mass is 198 g/mol. The molecule has 1 rings (SSSR count). The molecule has 0 saturated heterocycles. The summed E-state index contributed by atoms with van der Waals surface area (Å²) >= 11 is 5.74. The van der Waals surface area contributed by atoms with Crippen LogP contribution in [0.1, 0.15) is 10.4 Å². The molecule has 70 valence electrons. The summed E-state index contributed by atoms with van der Waals surface area (Å²) in [7, 11) is 3.69. The smallest absolute Gasteiger partial charge is 0.250 e. The predicted octanol–water partition coefficient (Wildman–Crippen LogP) is 1.50. The van der Waals surface area contributed by atoms with Crippen molar-refractivity contribution in [1.82, 2.24) is 0 Å². The van der Waals surface area contributed by atoms with Gasteiger partial charge in [-0.15, -0.1) is 0 Å². The number of nitrogens with zero attached hydrogens (tertiary/aromatic N) is 1. The predicted molar refractivity (Wildman–Crippen MR) is 54.3 cm³/mol. The average Bonchev–Trinajstić information content (AvgIpc) is 2.03. The zero-order valence-corrected chi connectivity index (χ0v) is 8.30. The third-order valence-corrected chi connectivity index (χ3v) is 1.94. The summed E-state index contributed by atoms with van der Waals surface area (Å²) in [6, 6.07) is 5.06. The van der Waals surface area contributed by atoms with Gasteiger partial charge in [0.2, 0.25) is 0 Å². The van der Waals surface area contributed by atoms with Crippen LogP contribution in [0.2, 0.25) is 5.02 Å². The van der Waals surface area contributed by atoms with Crippen LogP contribution in [0.15, 0.2) is 18.2 Å². The normalized spacial score (nSPS) is 9.77. The first kappa shape index (κ1) is 9.86. The van der Waals surface area contributed by atoms with Crippen molar-refractivity contribution in [2.45, 2.75) is 0 Å². The maximum absolute atomic E-state index is 11.0. The number of benzene rings is 1. The Bertz CT molecular complexity index is 336. The summed E-state index contributed by atoms with van der Waals surface area (Å²) in [5, 5.41) is 0.513. The summed E-state index contributed by atoms with van der Waals surface area (Å²) in [5.74, 6) is -0.466. The molecule has 0 bridgehead atoms. The number of rotatable bonds is 2. The number of carbonyl (C=O) groups is 1. The highest BCUT2D eigenvalue weighted by molar-refractivity contribution is 6.31. The number of amides is 1. The third-order valence-electron chi connectivity index (χ3n) is 1.71. The zero-order chi connectivity index (χ0) is 10.0. The Kier molecular flexibility index (Phi) is 2.78. The minimum atomic E-state index is -0.466. The summed E-state index contributed by atoms with van der Waals surface area (Å²) in [5.41, 5.74) is 6.41. The number of hydrogen-bond donors (Lipinski definition) is 1. The van der Waals surface area contributed by atoms with Gasteiger partial charge >= 0.3 is 0 Å². The van der Waals surface area contributed by atoms with E-state index >= 15 is 0 Å². The Hall–Kier alpha value is -1.22. The van der Waals surface area contributed by atoms with E-state index in [4.69, 9.17) is 17.3 Å². The van der Waals surface area contributed by atoms with Crippen molar-refractivity contribution >= 4 is 23.2 Å². The molecular formula is C9H11ClN2O. The second-order valence-electron chi connectivity index (χ2n) is 2.92. The van der Waals surface area contributed by atoms with Crippen LogP contribution in [-0.4, -0.2) is 20.0 Å². The maximum atomic E-state index is 11.0. The molecule has 0 aliphatic rings. The molecule has 0 aliphatic carbocycles. The summed E-state index contributed by atoms with van der Waals surface area (Å²) < 4.78 is 0. The van der Waals surface area contributed by atoms with Crippen LogP contribution in [0.3, 0.4) is 0 Å². The van der Waals surface area contributed by atoms with E-state index in [-0.39, 0.29) is 0 Å². The van der Waals surface area contributed by atoms with Crippen LogP contribution in [0.5, 0.6) is 0 Å². The van der Waals surface area contributed by atoms with E-state index in [0.717, 1.165) is 5.69 Å². The van der Waals surface area contributed by atoms with Gasteiger partial charge in [0.1, 0.15) is 0 Å². The highest BCUT2D eigenvalue weighted by Crippen LogP contribution is 2.22. The van der Waals surface area contributed by atoms with Crippen molar-refractivity contribution in [3.05, 3.63) is 28.8 Å². The van der Waals surface area contributed by atoms with Gasteiger partial charge in [0.05, 0.1) is 5.56 Å². The van der Waals surface area contributed by atoms with Crippen LogP contribution in [0, 0.1) is 0 Å². The van der Waals surface area contributed by atoms with Crippen LogP contribution in [0.4, 0.5) is 5.69 Å². The molecule has 1 aromatic rings. The Morgan fingerprint density at radius 3 is 2.54 bits per heavy atom. The lowest BCUT2D eigenvalue weighted by Gasteiger charge is -2.15. The van der Waals surface area contributed by atoms with E-state index in [1.54, 1.807) is 18.2 Å². The molecule has 0 unspecified atom stereocenters. The molecule has 1 aromatic carbocycles. The first-order valence-electron chi connectivity index (χ1n) is 3.79. The molecule has 13 heavy (non-hydrogen) atoms. The fourth-order valence-corrected chi connectivity index (χ4v) is 1.27. The molecule has 0 aromatic heterocycles. The lowest BCUT2D eigenvalue weighted by atomic mass is 10.1. The molecule has 0 atom stereocenters. The van der Waals surface area contributed by atoms with Gasteiger partial charge in [-0.3, -0.25) is 4.79 Å².